The van der Waals surface area contributed by atoms with Gasteiger partial charge in [-0.3, -0.25) is 9.59 Å². The molecule has 0 aliphatic carbocycles. The molecular formula is C31H33N3O8S. The fourth-order valence-corrected chi connectivity index (χ4v) is 5.45. The van der Waals surface area contributed by atoms with Gasteiger partial charge < -0.3 is 19.0 Å². The molecule has 43 heavy (non-hydrogen) atoms. The van der Waals surface area contributed by atoms with Crippen LogP contribution in [0.4, 0.5) is 0 Å². The number of ether oxygens (including phenoxy) is 2. The standard InChI is InChI=1S/C31H33N3O8S/c1-21-5-9-24(10-6-21)30-32-28(22(2)42-30)17-18-41-27-13-7-23(8-14-27)19-34(20-29(35)36)43(38,39)33(3)31(37)25-11-15-26(40-4)16-12-25/h5-16H,17-20H2,1-4H3,(H,35,36). The van der Waals surface area contributed by atoms with Crippen LogP contribution >= 0.6 is 0 Å². The number of hydrogen-bond acceptors (Lipinski definition) is 8. The Morgan fingerprint density at radius 3 is 2.16 bits per heavy atom. The molecule has 3 aromatic carbocycles. The van der Waals surface area contributed by atoms with Crippen molar-refractivity contribution in [3.63, 3.8) is 0 Å². The molecule has 226 valence electrons. The van der Waals surface area contributed by atoms with Crippen molar-refractivity contribution in [3.8, 4) is 23.0 Å². The minimum atomic E-state index is -4.48. The summed E-state index contributed by atoms with van der Waals surface area (Å²) in [6, 6.07) is 20.5. The summed E-state index contributed by atoms with van der Waals surface area (Å²) >= 11 is 0. The van der Waals surface area contributed by atoms with Crippen LogP contribution in [0.3, 0.4) is 0 Å². The average Bonchev–Trinajstić information content (AvgIpc) is 3.37. The minimum Gasteiger partial charge on any atom is -0.497 e. The Hall–Kier alpha value is -4.68. The van der Waals surface area contributed by atoms with Gasteiger partial charge in [0.2, 0.25) is 5.89 Å². The van der Waals surface area contributed by atoms with Crippen LogP contribution in [-0.2, 0) is 28.0 Å². The number of methoxy groups -OCH3 is 1. The molecule has 11 nitrogen and oxygen atoms in total. The lowest BCUT2D eigenvalue weighted by Crippen LogP contribution is -2.46. The monoisotopic (exact) mass is 607 g/mol. The minimum absolute atomic E-state index is 0.107. The van der Waals surface area contributed by atoms with Crippen LogP contribution in [0.5, 0.6) is 11.5 Å². The van der Waals surface area contributed by atoms with Crippen LogP contribution < -0.4 is 9.47 Å². The molecule has 0 saturated heterocycles. The molecule has 0 radical (unpaired) electrons. The molecule has 0 atom stereocenters. The van der Waals surface area contributed by atoms with E-state index in [1.807, 2.05) is 38.1 Å². The van der Waals surface area contributed by atoms with E-state index in [0.717, 1.165) is 28.2 Å². The van der Waals surface area contributed by atoms with Crippen LogP contribution in [0, 0.1) is 13.8 Å². The Labute approximate surface area is 250 Å². The average molecular weight is 608 g/mol. The fourth-order valence-electron chi connectivity index (χ4n) is 4.20. The summed E-state index contributed by atoms with van der Waals surface area (Å²) < 4.78 is 44.6. The molecule has 0 spiro atoms. The van der Waals surface area contributed by atoms with Crippen molar-refractivity contribution in [3.05, 3.63) is 101 Å². The zero-order valence-electron chi connectivity index (χ0n) is 24.3. The van der Waals surface area contributed by atoms with Crippen molar-refractivity contribution >= 4 is 22.1 Å². The van der Waals surface area contributed by atoms with Gasteiger partial charge in [-0.1, -0.05) is 29.8 Å². The van der Waals surface area contributed by atoms with Gasteiger partial charge in [0.05, 0.1) is 19.4 Å². The summed E-state index contributed by atoms with van der Waals surface area (Å²) in [5.74, 6) is 0.141. The highest BCUT2D eigenvalue weighted by molar-refractivity contribution is 7.87. The number of nitrogens with zero attached hydrogens (tertiary/aromatic N) is 3. The van der Waals surface area contributed by atoms with E-state index in [-0.39, 0.29) is 12.1 Å². The van der Waals surface area contributed by atoms with E-state index in [2.05, 4.69) is 4.98 Å². The predicted molar refractivity (Wildman–Crippen MR) is 159 cm³/mol. The lowest BCUT2D eigenvalue weighted by atomic mass is 10.1. The highest BCUT2D eigenvalue weighted by atomic mass is 32.2. The molecule has 1 N–H and O–H groups in total. The molecule has 0 saturated carbocycles. The molecule has 1 amide bonds. The van der Waals surface area contributed by atoms with Gasteiger partial charge in [-0.25, -0.2) is 9.29 Å². The van der Waals surface area contributed by atoms with Crippen LogP contribution in [0.15, 0.2) is 77.2 Å². The molecule has 4 rings (SSSR count). The van der Waals surface area contributed by atoms with E-state index in [9.17, 15) is 23.1 Å². The van der Waals surface area contributed by atoms with Gasteiger partial charge in [0, 0.05) is 31.1 Å². The molecule has 1 aromatic heterocycles. The third-order valence-corrected chi connectivity index (χ3v) is 8.46. The second-order valence-corrected chi connectivity index (χ2v) is 11.8. The van der Waals surface area contributed by atoms with Crippen molar-refractivity contribution in [2.24, 2.45) is 0 Å². The first-order valence-electron chi connectivity index (χ1n) is 13.4. The van der Waals surface area contributed by atoms with Crippen LogP contribution in [0.1, 0.15) is 32.9 Å². The Morgan fingerprint density at radius 1 is 0.930 bits per heavy atom. The number of aryl methyl sites for hydroxylation is 2. The van der Waals surface area contributed by atoms with Crippen molar-refractivity contribution < 1.29 is 37.0 Å². The molecule has 1 heterocycles. The second-order valence-electron chi connectivity index (χ2n) is 9.80. The maximum Gasteiger partial charge on any atom is 0.318 e. The highest BCUT2D eigenvalue weighted by Gasteiger charge is 2.32. The van der Waals surface area contributed by atoms with Crippen LogP contribution in [0.25, 0.3) is 11.5 Å². The summed E-state index contributed by atoms with van der Waals surface area (Å²) in [7, 11) is -1.92. The van der Waals surface area contributed by atoms with E-state index < -0.39 is 28.6 Å². The first-order chi connectivity index (χ1) is 20.5. The zero-order valence-corrected chi connectivity index (χ0v) is 25.1. The van der Waals surface area contributed by atoms with Crippen molar-refractivity contribution in [1.29, 1.82) is 0 Å². The van der Waals surface area contributed by atoms with Gasteiger partial charge in [-0.2, -0.15) is 12.7 Å². The smallest absolute Gasteiger partial charge is 0.318 e. The lowest BCUT2D eigenvalue weighted by Gasteiger charge is -2.26. The van der Waals surface area contributed by atoms with Gasteiger partial charge in [-0.15, -0.1) is 0 Å². The lowest BCUT2D eigenvalue weighted by molar-refractivity contribution is -0.137. The number of benzene rings is 3. The second kappa shape index (κ2) is 13.5. The summed E-state index contributed by atoms with van der Waals surface area (Å²) in [6.45, 7) is 3.10. The Morgan fingerprint density at radius 2 is 1.56 bits per heavy atom. The molecule has 0 unspecified atom stereocenters. The molecule has 4 aromatic rings. The first kappa shape index (κ1) is 31.3. The number of aromatic nitrogens is 1. The fraction of sp³-hybridized carbons (Fsp3) is 0.258. The molecule has 0 aliphatic heterocycles. The maximum absolute atomic E-state index is 13.3. The Balaban J connectivity index is 1.38. The number of rotatable bonds is 13. The van der Waals surface area contributed by atoms with Gasteiger partial charge in [-0.05, 0) is 67.9 Å². The molecular weight excluding hydrogens is 574 g/mol. The Kier molecular flexibility index (Phi) is 9.84. The number of carboxylic acids is 1. The van der Waals surface area contributed by atoms with Gasteiger partial charge >= 0.3 is 16.2 Å². The van der Waals surface area contributed by atoms with E-state index in [1.54, 1.807) is 24.3 Å². The number of carbonyl (C=O) groups excluding carboxylic acids is 1. The Bertz CT molecular complexity index is 1670. The summed E-state index contributed by atoms with van der Waals surface area (Å²) in [5.41, 5.74) is 3.45. The summed E-state index contributed by atoms with van der Waals surface area (Å²) in [6.07, 6.45) is 0.516. The number of aliphatic carboxylic acids is 1. The molecule has 0 bridgehead atoms. The van der Waals surface area contributed by atoms with Gasteiger partial charge in [0.15, 0.2) is 0 Å². The van der Waals surface area contributed by atoms with Crippen molar-refractivity contribution in [2.75, 3.05) is 27.3 Å². The first-order valence-corrected chi connectivity index (χ1v) is 14.8. The molecule has 0 fully saturated rings. The summed E-state index contributed by atoms with van der Waals surface area (Å²) in [5, 5.41) is 9.40. The number of carboxylic acid groups (broad SMARTS) is 1. The number of carbonyl (C=O) groups is 2. The third kappa shape index (κ3) is 7.79. The number of oxazole rings is 1. The maximum atomic E-state index is 13.3. The van der Waals surface area contributed by atoms with E-state index in [4.69, 9.17) is 13.9 Å². The number of hydrogen-bond donors (Lipinski definition) is 1. The largest absolute Gasteiger partial charge is 0.497 e. The topological polar surface area (TPSA) is 139 Å². The number of amides is 1. The van der Waals surface area contributed by atoms with Crippen molar-refractivity contribution in [2.45, 2.75) is 26.8 Å². The van der Waals surface area contributed by atoms with Crippen LogP contribution in [-0.4, -0.2) is 66.3 Å². The molecule has 0 aliphatic rings. The third-order valence-electron chi connectivity index (χ3n) is 6.69. The van der Waals surface area contributed by atoms with Gasteiger partial charge in [0.1, 0.15) is 23.8 Å². The van der Waals surface area contributed by atoms with Gasteiger partial charge in [0.25, 0.3) is 5.91 Å². The van der Waals surface area contributed by atoms with E-state index >= 15 is 0 Å². The van der Waals surface area contributed by atoms with Crippen LogP contribution in [0.2, 0.25) is 0 Å². The quantitative estimate of drug-likeness (QED) is 0.233. The van der Waals surface area contributed by atoms with Crippen molar-refractivity contribution in [1.82, 2.24) is 13.6 Å². The highest BCUT2D eigenvalue weighted by Crippen LogP contribution is 2.23. The van der Waals surface area contributed by atoms with E-state index in [0.29, 0.717) is 46.0 Å². The normalized spacial score (nSPS) is 11.4. The summed E-state index contributed by atoms with van der Waals surface area (Å²) in [4.78, 5) is 29.0. The predicted octanol–water partition coefficient (Wildman–Crippen LogP) is 4.49. The molecule has 12 heteroatoms. The SMILES string of the molecule is COc1ccc(C(=O)N(C)S(=O)(=O)N(CC(=O)O)Cc2ccc(OCCc3nc(-c4ccc(C)cc4)oc3C)cc2)cc1. The van der Waals surface area contributed by atoms with E-state index in [1.165, 1.54) is 31.4 Å². The zero-order chi connectivity index (χ0) is 31.1.